The van der Waals surface area contributed by atoms with Crippen molar-refractivity contribution in [3.05, 3.63) is 194 Å². The Morgan fingerprint density at radius 1 is 0.269 bits per heavy atom. The van der Waals surface area contributed by atoms with Gasteiger partial charge in [-0.25, -0.2) is 0 Å². The van der Waals surface area contributed by atoms with Crippen LogP contribution in [-0.2, 0) is 0 Å². The minimum absolute atomic E-state index is 1.16. The van der Waals surface area contributed by atoms with Gasteiger partial charge < -0.3 is 9.13 Å². The van der Waals surface area contributed by atoms with Crippen LogP contribution in [0.15, 0.2) is 194 Å². The van der Waals surface area contributed by atoms with E-state index in [1.807, 2.05) is 0 Å². The van der Waals surface area contributed by atoms with Crippen molar-refractivity contribution in [2.24, 2.45) is 0 Å². The third-order valence-electron chi connectivity index (χ3n) is 10.9. The summed E-state index contributed by atoms with van der Waals surface area (Å²) in [5.41, 5.74) is 12.1. The van der Waals surface area contributed by atoms with Crippen molar-refractivity contribution in [1.29, 1.82) is 0 Å². The van der Waals surface area contributed by atoms with E-state index in [1.54, 1.807) is 0 Å². The van der Waals surface area contributed by atoms with Crippen molar-refractivity contribution < 1.29 is 0 Å². The Hall–Kier alpha value is -6.90. The molecule has 0 saturated heterocycles. The molecule has 0 spiro atoms. The first-order valence-electron chi connectivity index (χ1n) is 17.9. The summed E-state index contributed by atoms with van der Waals surface area (Å²) in [5.74, 6) is 0. The second kappa shape index (κ2) is 11.3. The topological polar surface area (TPSA) is 9.86 Å². The van der Waals surface area contributed by atoms with Crippen LogP contribution in [0.3, 0.4) is 0 Å². The first-order valence-corrected chi connectivity index (χ1v) is 17.9. The van der Waals surface area contributed by atoms with Crippen molar-refractivity contribution in [2.45, 2.75) is 0 Å². The van der Waals surface area contributed by atoms with Crippen molar-refractivity contribution in [1.82, 2.24) is 9.13 Å². The summed E-state index contributed by atoms with van der Waals surface area (Å²) in [6.07, 6.45) is 0. The molecule has 0 aliphatic rings. The van der Waals surface area contributed by atoms with Gasteiger partial charge in [-0.05, 0) is 92.3 Å². The number of benzene rings is 9. The van der Waals surface area contributed by atoms with E-state index in [0.29, 0.717) is 0 Å². The lowest BCUT2D eigenvalue weighted by Crippen LogP contribution is -1.95. The fourth-order valence-corrected chi connectivity index (χ4v) is 8.62. The molecule has 0 saturated carbocycles. The lowest BCUT2D eigenvalue weighted by molar-refractivity contribution is 1.18. The Balaban J connectivity index is 1.18. The highest BCUT2D eigenvalue weighted by atomic mass is 15.0. The second-order valence-electron chi connectivity index (χ2n) is 13.7. The number of nitrogens with zero attached hydrogens (tertiary/aromatic N) is 2. The average Bonchev–Trinajstić information content (AvgIpc) is 3.73. The number of hydrogen-bond acceptors (Lipinski definition) is 0. The van der Waals surface area contributed by atoms with Crippen LogP contribution in [0.25, 0.3) is 98.8 Å². The molecule has 2 aromatic heterocycles. The van der Waals surface area contributed by atoms with E-state index >= 15 is 0 Å². The normalized spacial score (nSPS) is 11.8. The first kappa shape index (κ1) is 28.9. The maximum Gasteiger partial charge on any atom is 0.0548 e. The average molecular weight is 661 g/mol. The van der Waals surface area contributed by atoms with Gasteiger partial charge in [-0.3, -0.25) is 0 Å². The zero-order valence-electron chi connectivity index (χ0n) is 28.4. The molecule has 0 N–H and O–H groups in total. The van der Waals surface area contributed by atoms with Crippen molar-refractivity contribution >= 4 is 65.2 Å². The van der Waals surface area contributed by atoms with Crippen LogP contribution >= 0.6 is 0 Å². The molecule has 11 aromatic rings. The summed E-state index contributed by atoms with van der Waals surface area (Å²) >= 11 is 0. The molecule has 0 radical (unpaired) electrons. The third kappa shape index (κ3) is 4.25. The Bertz CT molecular complexity index is 3160. The lowest BCUT2D eigenvalue weighted by atomic mass is 9.98. The molecule has 0 unspecified atom stereocenters. The van der Waals surface area contributed by atoms with Crippen molar-refractivity contribution in [2.75, 3.05) is 0 Å². The van der Waals surface area contributed by atoms with Gasteiger partial charge in [-0.15, -0.1) is 0 Å². The van der Waals surface area contributed by atoms with Gasteiger partial charge in [0.05, 0.1) is 22.1 Å². The van der Waals surface area contributed by atoms with Crippen LogP contribution in [-0.4, -0.2) is 9.13 Å². The Morgan fingerprint density at radius 3 is 1.38 bits per heavy atom. The summed E-state index contributed by atoms with van der Waals surface area (Å²) in [6, 6.07) is 70.9. The molecular weight excluding hydrogens is 629 g/mol. The maximum absolute atomic E-state index is 2.46. The molecule has 2 heterocycles. The van der Waals surface area contributed by atoms with E-state index < -0.39 is 0 Å². The van der Waals surface area contributed by atoms with Crippen LogP contribution in [0.2, 0.25) is 0 Å². The number of hydrogen-bond donors (Lipinski definition) is 0. The largest absolute Gasteiger partial charge is 0.309 e. The fourth-order valence-electron chi connectivity index (χ4n) is 8.62. The molecule has 0 atom stereocenters. The molecule has 242 valence electrons. The lowest BCUT2D eigenvalue weighted by Gasteiger charge is -2.13. The van der Waals surface area contributed by atoms with E-state index in [-0.39, 0.29) is 0 Å². The molecule has 0 amide bonds. The first-order chi connectivity index (χ1) is 25.8. The van der Waals surface area contributed by atoms with Crippen LogP contribution in [0, 0.1) is 0 Å². The minimum atomic E-state index is 1.16. The molecule has 52 heavy (non-hydrogen) atoms. The quantitative estimate of drug-likeness (QED) is 0.178. The SMILES string of the molecule is c1ccc(-c2cccc3cc(-n4c5ccccc5c5c6c7ccccc7n(-c7ccc8cccc(-c9ccccc9)c8c7)c6ccc54)ccc23)cc1. The van der Waals surface area contributed by atoms with Gasteiger partial charge in [0.25, 0.3) is 0 Å². The molecule has 11 rings (SSSR count). The molecule has 0 aliphatic heterocycles. The molecule has 0 fully saturated rings. The van der Waals surface area contributed by atoms with E-state index in [4.69, 9.17) is 0 Å². The monoisotopic (exact) mass is 660 g/mol. The summed E-state index contributed by atoms with van der Waals surface area (Å²) in [7, 11) is 0. The van der Waals surface area contributed by atoms with E-state index in [1.165, 1.54) is 87.4 Å². The predicted molar refractivity (Wildman–Crippen MR) is 221 cm³/mol. The highest BCUT2D eigenvalue weighted by molar-refractivity contribution is 6.29. The molecule has 2 heteroatoms. The van der Waals surface area contributed by atoms with Gasteiger partial charge in [-0.1, -0.05) is 146 Å². The van der Waals surface area contributed by atoms with Crippen LogP contribution in [0.4, 0.5) is 0 Å². The number of rotatable bonds is 4. The smallest absolute Gasteiger partial charge is 0.0548 e. The van der Waals surface area contributed by atoms with Gasteiger partial charge in [0, 0.05) is 32.9 Å². The molecule has 9 aromatic carbocycles. The molecular formula is C50H32N2. The Labute approximate surface area is 301 Å². The zero-order valence-corrected chi connectivity index (χ0v) is 28.4. The molecule has 0 aliphatic carbocycles. The summed E-state index contributed by atoms with van der Waals surface area (Å²) in [4.78, 5) is 0. The summed E-state index contributed by atoms with van der Waals surface area (Å²) in [6.45, 7) is 0. The van der Waals surface area contributed by atoms with Gasteiger partial charge in [0.1, 0.15) is 0 Å². The zero-order chi connectivity index (χ0) is 34.2. The molecule has 0 bridgehead atoms. The van der Waals surface area contributed by atoms with Gasteiger partial charge in [0.15, 0.2) is 0 Å². The number of aromatic nitrogens is 2. The van der Waals surface area contributed by atoms with Crippen molar-refractivity contribution in [3.63, 3.8) is 0 Å². The Morgan fingerprint density at radius 2 is 0.769 bits per heavy atom. The van der Waals surface area contributed by atoms with E-state index in [2.05, 4.69) is 203 Å². The van der Waals surface area contributed by atoms with Crippen molar-refractivity contribution in [3.8, 4) is 33.6 Å². The Kier molecular flexibility index (Phi) is 6.28. The summed E-state index contributed by atoms with van der Waals surface area (Å²) < 4.78 is 4.91. The van der Waals surface area contributed by atoms with E-state index in [0.717, 1.165) is 11.4 Å². The van der Waals surface area contributed by atoms with Crippen LogP contribution < -0.4 is 0 Å². The van der Waals surface area contributed by atoms with Gasteiger partial charge in [-0.2, -0.15) is 0 Å². The summed E-state index contributed by atoms with van der Waals surface area (Å²) in [5, 5.41) is 10.1. The second-order valence-corrected chi connectivity index (χ2v) is 13.7. The van der Waals surface area contributed by atoms with Gasteiger partial charge >= 0.3 is 0 Å². The van der Waals surface area contributed by atoms with Gasteiger partial charge in [0.2, 0.25) is 0 Å². The standard InChI is InChI=1S/C50H32N2/c1-3-13-33(14-4-1)39-21-12-18-36-31-37(27-28-41(36)39)51-45-23-9-7-19-42(45)49-47(51)29-30-48-50(49)43-20-8-10-24-46(43)52(48)38-26-25-35-17-11-22-40(44(35)32-38)34-15-5-2-6-16-34/h1-32H. The maximum atomic E-state index is 2.46. The number of para-hydroxylation sites is 2. The highest BCUT2D eigenvalue weighted by Crippen LogP contribution is 2.43. The van der Waals surface area contributed by atoms with Crippen LogP contribution in [0.1, 0.15) is 0 Å². The third-order valence-corrected chi connectivity index (χ3v) is 10.9. The minimum Gasteiger partial charge on any atom is -0.309 e. The van der Waals surface area contributed by atoms with E-state index in [9.17, 15) is 0 Å². The number of fused-ring (bicyclic) bond motifs is 9. The molecule has 2 nitrogen and oxygen atoms in total. The predicted octanol–water partition coefficient (Wildman–Crippen LogP) is 13.5. The fraction of sp³-hybridized carbons (Fsp3) is 0. The highest BCUT2D eigenvalue weighted by Gasteiger charge is 2.21. The van der Waals surface area contributed by atoms with Crippen LogP contribution in [0.5, 0.6) is 0 Å².